The molecule has 128 valence electrons. The van der Waals surface area contributed by atoms with Gasteiger partial charge < -0.3 is 10.1 Å². The van der Waals surface area contributed by atoms with E-state index >= 15 is 0 Å². The molecule has 1 aromatic rings. The molecule has 4 nitrogen and oxygen atoms in total. The fourth-order valence-corrected chi connectivity index (χ4v) is 2.83. The first-order valence-corrected chi connectivity index (χ1v) is 8.71. The zero-order valence-corrected chi connectivity index (χ0v) is 14.7. The van der Waals surface area contributed by atoms with Crippen LogP contribution in [0, 0.1) is 0 Å². The van der Waals surface area contributed by atoms with Gasteiger partial charge in [0.25, 0.3) is 0 Å². The average molecular weight is 318 g/mol. The second kappa shape index (κ2) is 9.04. The molecule has 1 aliphatic carbocycles. The van der Waals surface area contributed by atoms with E-state index in [1.54, 1.807) is 0 Å². The van der Waals surface area contributed by atoms with Gasteiger partial charge in [0, 0.05) is 19.1 Å². The Hall–Kier alpha value is -1.39. The van der Waals surface area contributed by atoms with Crippen molar-refractivity contribution in [2.45, 2.75) is 64.8 Å². The molecule has 0 radical (unpaired) electrons. The van der Waals surface area contributed by atoms with Crippen LogP contribution in [0.5, 0.6) is 0 Å². The molecule has 0 atom stereocenters. The maximum Gasteiger partial charge on any atom is 0.246 e. The number of ether oxygens (including phenoxy) is 1. The van der Waals surface area contributed by atoms with Crippen LogP contribution in [0.4, 0.5) is 0 Å². The first-order valence-electron chi connectivity index (χ1n) is 8.71. The summed E-state index contributed by atoms with van der Waals surface area (Å²) in [4.78, 5) is 14.3. The third-order valence-corrected chi connectivity index (χ3v) is 4.65. The first kappa shape index (κ1) is 18.0. The molecule has 0 bridgehead atoms. The fraction of sp³-hybridized carbons (Fsp3) is 0.632. The summed E-state index contributed by atoms with van der Waals surface area (Å²) >= 11 is 0. The number of rotatable bonds is 8. The van der Waals surface area contributed by atoms with Crippen molar-refractivity contribution in [1.29, 1.82) is 0 Å². The lowest BCUT2D eigenvalue weighted by molar-refractivity contribution is -0.127. The minimum atomic E-state index is -0.0242. The van der Waals surface area contributed by atoms with Gasteiger partial charge in [-0.25, -0.2) is 0 Å². The van der Waals surface area contributed by atoms with E-state index in [1.165, 1.54) is 24.0 Å². The topological polar surface area (TPSA) is 41.6 Å². The van der Waals surface area contributed by atoms with Gasteiger partial charge in [-0.05, 0) is 44.9 Å². The van der Waals surface area contributed by atoms with Gasteiger partial charge in [0.2, 0.25) is 5.91 Å². The Kier molecular flexibility index (Phi) is 7.06. The van der Waals surface area contributed by atoms with Gasteiger partial charge in [-0.2, -0.15) is 0 Å². The van der Waals surface area contributed by atoms with Crippen molar-refractivity contribution in [3.8, 4) is 0 Å². The monoisotopic (exact) mass is 318 g/mol. The van der Waals surface area contributed by atoms with Gasteiger partial charge in [0.15, 0.2) is 0 Å². The van der Waals surface area contributed by atoms with Crippen LogP contribution in [0.3, 0.4) is 0 Å². The van der Waals surface area contributed by atoms with Crippen molar-refractivity contribution in [3.05, 3.63) is 35.4 Å². The predicted molar refractivity (Wildman–Crippen MR) is 93.1 cm³/mol. The summed E-state index contributed by atoms with van der Waals surface area (Å²) in [6, 6.07) is 8.79. The van der Waals surface area contributed by atoms with Gasteiger partial charge >= 0.3 is 0 Å². The van der Waals surface area contributed by atoms with Crippen LogP contribution < -0.4 is 5.32 Å². The summed E-state index contributed by atoms with van der Waals surface area (Å²) in [5.41, 5.74) is 2.44. The zero-order valence-electron chi connectivity index (χ0n) is 14.7. The first-order chi connectivity index (χ1) is 11.1. The van der Waals surface area contributed by atoms with Crippen LogP contribution in [0.25, 0.3) is 0 Å². The van der Waals surface area contributed by atoms with Crippen molar-refractivity contribution in [2.75, 3.05) is 13.7 Å². The molecule has 0 aliphatic heterocycles. The highest BCUT2D eigenvalue weighted by Crippen LogP contribution is 2.20. The fourth-order valence-electron chi connectivity index (χ4n) is 2.83. The summed E-state index contributed by atoms with van der Waals surface area (Å²) in [7, 11) is 2.12. The predicted octanol–water partition coefficient (Wildman–Crippen LogP) is 3.10. The SMILES string of the molecule is CC(C)N(C)Cc1ccccc1CNC(=O)COC1CCCC1. The average Bonchev–Trinajstić information content (AvgIpc) is 3.05. The van der Waals surface area contributed by atoms with Gasteiger partial charge in [0.1, 0.15) is 6.61 Å². The molecular formula is C19H30N2O2. The molecular weight excluding hydrogens is 288 g/mol. The van der Waals surface area contributed by atoms with Crippen LogP contribution in [0.1, 0.15) is 50.7 Å². The third-order valence-electron chi connectivity index (χ3n) is 4.65. The molecule has 0 spiro atoms. The number of carbonyl (C=O) groups excluding carboxylic acids is 1. The van der Waals surface area contributed by atoms with E-state index in [4.69, 9.17) is 4.74 Å². The molecule has 2 rings (SSSR count). The molecule has 23 heavy (non-hydrogen) atoms. The number of nitrogens with zero attached hydrogens (tertiary/aromatic N) is 1. The van der Waals surface area contributed by atoms with Gasteiger partial charge in [-0.15, -0.1) is 0 Å². The Balaban J connectivity index is 1.81. The number of carbonyl (C=O) groups is 1. The molecule has 4 heteroatoms. The van der Waals surface area contributed by atoms with Crippen LogP contribution in [0.15, 0.2) is 24.3 Å². The third kappa shape index (κ3) is 5.96. The summed E-state index contributed by atoms with van der Waals surface area (Å²) in [5, 5.41) is 2.98. The van der Waals surface area contributed by atoms with Gasteiger partial charge in [-0.1, -0.05) is 37.1 Å². The molecule has 1 amide bonds. The quantitative estimate of drug-likeness (QED) is 0.801. The summed E-state index contributed by atoms with van der Waals surface area (Å²) in [6.45, 7) is 6.01. The molecule has 1 aliphatic rings. The molecule has 1 fully saturated rings. The lowest BCUT2D eigenvalue weighted by Crippen LogP contribution is -2.30. The maximum absolute atomic E-state index is 12.0. The number of hydrogen-bond donors (Lipinski definition) is 1. The van der Waals surface area contributed by atoms with Crippen molar-refractivity contribution in [2.24, 2.45) is 0 Å². The van der Waals surface area contributed by atoms with Crippen molar-refractivity contribution < 1.29 is 9.53 Å². The summed E-state index contributed by atoms with van der Waals surface area (Å²) in [6.07, 6.45) is 4.93. The largest absolute Gasteiger partial charge is 0.368 e. The highest BCUT2D eigenvalue weighted by molar-refractivity contribution is 5.77. The molecule has 1 N–H and O–H groups in total. The standard InChI is InChI=1S/C19H30N2O2/c1-15(2)21(3)13-17-9-5-4-8-16(17)12-20-19(22)14-23-18-10-6-7-11-18/h4-5,8-9,15,18H,6-7,10-14H2,1-3H3,(H,20,22). The van der Waals surface area contributed by atoms with Crippen LogP contribution in [-0.4, -0.2) is 36.6 Å². The molecule has 0 unspecified atom stereocenters. The zero-order chi connectivity index (χ0) is 16.7. The Morgan fingerprint density at radius 2 is 1.91 bits per heavy atom. The van der Waals surface area contributed by atoms with E-state index in [-0.39, 0.29) is 18.6 Å². The number of amides is 1. The van der Waals surface area contributed by atoms with Gasteiger partial charge in [-0.3, -0.25) is 9.69 Å². The Bertz CT molecular complexity index is 496. The molecule has 0 heterocycles. The molecule has 1 saturated carbocycles. The Morgan fingerprint density at radius 3 is 2.57 bits per heavy atom. The molecule has 1 aromatic carbocycles. The second-order valence-electron chi connectivity index (χ2n) is 6.77. The number of hydrogen-bond acceptors (Lipinski definition) is 3. The van der Waals surface area contributed by atoms with Gasteiger partial charge in [0.05, 0.1) is 6.10 Å². The second-order valence-corrected chi connectivity index (χ2v) is 6.77. The molecule has 0 aromatic heterocycles. The highest BCUT2D eigenvalue weighted by atomic mass is 16.5. The minimum absolute atomic E-state index is 0.0242. The molecule has 0 saturated heterocycles. The van der Waals surface area contributed by atoms with E-state index < -0.39 is 0 Å². The van der Waals surface area contributed by atoms with Crippen molar-refractivity contribution >= 4 is 5.91 Å². The van der Waals surface area contributed by atoms with E-state index in [9.17, 15) is 4.79 Å². The van der Waals surface area contributed by atoms with E-state index in [0.717, 1.165) is 19.4 Å². The lowest BCUT2D eigenvalue weighted by atomic mass is 10.1. The van der Waals surface area contributed by atoms with Crippen molar-refractivity contribution in [3.63, 3.8) is 0 Å². The van der Waals surface area contributed by atoms with Crippen molar-refractivity contribution in [1.82, 2.24) is 10.2 Å². The Labute approximate surface area is 140 Å². The number of nitrogens with one attached hydrogen (secondary N) is 1. The normalized spacial score (nSPS) is 15.5. The Morgan fingerprint density at radius 1 is 1.26 bits per heavy atom. The number of benzene rings is 1. The van der Waals surface area contributed by atoms with E-state index in [0.29, 0.717) is 12.6 Å². The van der Waals surface area contributed by atoms with Crippen LogP contribution >= 0.6 is 0 Å². The highest BCUT2D eigenvalue weighted by Gasteiger charge is 2.16. The smallest absolute Gasteiger partial charge is 0.246 e. The van der Waals surface area contributed by atoms with E-state index in [1.807, 2.05) is 6.07 Å². The van der Waals surface area contributed by atoms with Crippen LogP contribution in [-0.2, 0) is 22.6 Å². The summed E-state index contributed by atoms with van der Waals surface area (Å²) in [5.74, 6) is -0.0242. The van der Waals surface area contributed by atoms with Crippen LogP contribution in [0.2, 0.25) is 0 Å². The minimum Gasteiger partial charge on any atom is -0.368 e. The summed E-state index contributed by atoms with van der Waals surface area (Å²) < 4.78 is 5.66. The lowest BCUT2D eigenvalue weighted by Gasteiger charge is -2.22. The van der Waals surface area contributed by atoms with E-state index in [2.05, 4.69) is 49.3 Å². The maximum atomic E-state index is 12.0.